The third-order valence-electron chi connectivity index (χ3n) is 0.828. The van der Waals surface area contributed by atoms with Gasteiger partial charge in [-0.25, -0.2) is 4.79 Å². The van der Waals surface area contributed by atoms with Gasteiger partial charge in [-0.1, -0.05) is 22.9 Å². The van der Waals surface area contributed by atoms with Crippen LogP contribution in [0.2, 0.25) is 0 Å². The average Bonchev–Trinajstić information content (AvgIpc) is 1.97. The van der Waals surface area contributed by atoms with Crippen molar-refractivity contribution >= 4 is 21.9 Å². The zero-order valence-electron chi connectivity index (χ0n) is 6.13. The molecule has 0 atom stereocenters. The highest BCUT2D eigenvalue weighted by Gasteiger charge is 2.04. The van der Waals surface area contributed by atoms with Crippen molar-refractivity contribution in [1.82, 2.24) is 5.48 Å². The summed E-state index contributed by atoms with van der Waals surface area (Å²) in [5.74, 6) is -1.06. The third kappa shape index (κ3) is 4.80. The Hall–Kier alpha value is -0.550. The highest BCUT2D eigenvalue weighted by Crippen LogP contribution is 1.94. The second kappa shape index (κ2) is 6.18. The Morgan fingerprint density at radius 3 is 2.82 bits per heavy atom. The maximum Gasteiger partial charge on any atom is 0.354 e. The molecule has 0 aliphatic rings. The Bertz CT molecular complexity index is 158. The molecule has 0 aliphatic carbocycles. The number of nitrogens with one attached hydrogen (secondary N) is 1. The molecule has 5 heteroatoms. The van der Waals surface area contributed by atoms with Crippen LogP contribution in [0.25, 0.3) is 0 Å². The summed E-state index contributed by atoms with van der Waals surface area (Å²) in [4.78, 5) is 16.3. The molecular formula is C6H10BrNO3. The van der Waals surface area contributed by atoms with E-state index >= 15 is 0 Å². The van der Waals surface area contributed by atoms with E-state index in [2.05, 4.69) is 21.4 Å². The molecular weight excluding hydrogens is 214 g/mol. The van der Waals surface area contributed by atoms with E-state index in [4.69, 9.17) is 9.94 Å². The van der Waals surface area contributed by atoms with Crippen molar-refractivity contribution in [3.63, 3.8) is 0 Å². The number of aliphatic carboxylic acids is 1. The van der Waals surface area contributed by atoms with Crippen LogP contribution in [0, 0.1) is 0 Å². The first-order valence-corrected chi connectivity index (χ1v) is 4.05. The van der Waals surface area contributed by atoms with Gasteiger partial charge in [-0.15, -0.1) is 0 Å². The van der Waals surface area contributed by atoms with Crippen LogP contribution in [0.1, 0.15) is 13.3 Å². The van der Waals surface area contributed by atoms with E-state index in [0.29, 0.717) is 6.61 Å². The van der Waals surface area contributed by atoms with Gasteiger partial charge in [-0.05, 0) is 6.42 Å². The van der Waals surface area contributed by atoms with Crippen LogP contribution < -0.4 is 5.48 Å². The Morgan fingerprint density at radius 2 is 2.45 bits per heavy atom. The number of carboxylic acid groups (broad SMARTS) is 1. The second-order valence-electron chi connectivity index (χ2n) is 1.78. The van der Waals surface area contributed by atoms with Crippen LogP contribution in [0.5, 0.6) is 0 Å². The molecule has 0 radical (unpaired) electrons. The SMILES string of the molecule is CCCONC(=CBr)C(=O)O. The van der Waals surface area contributed by atoms with E-state index in [1.165, 1.54) is 4.99 Å². The molecule has 0 spiro atoms. The zero-order chi connectivity index (χ0) is 8.69. The Balaban J connectivity index is 3.63. The quantitative estimate of drug-likeness (QED) is 0.419. The minimum atomic E-state index is -1.06. The molecule has 0 aromatic carbocycles. The van der Waals surface area contributed by atoms with Gasteiger partial charge >= 0.3 is 5.97 Å². The number of hydroxylamine groups is 1. The fourth-order valence-corrected chi connectivity index (χ4v) is 0.633. The van der Waals surface area contributed by atoms with Gasteiger partial charge in [0.25, 0.3) is 0 Å². The zero-order valence-corrected chi connectivity index (χ0v) is 7.72. The molecule has 0 aromatic heterocycles. The minimum absolute atomic E-state index is 0.0153. The number of hydrogen-bond acceptors (Lipinski definition) is 3. The molecule has 0 unspecified atom stereocenters. The first-order chi connectivity index (χ1) is 5.22. The van der Waals surface area contributed by atoms with E-state index in [1.54, 1.807) is 0 Å². The molecule has 0 rings (SSSR count). The minimum Gasteiger partial charge on any atom is -0.477 e. The van der Waals surface area contributed by atoms with Crippen molar-refractivity contribution in [2.45, 2.75) is 13.3 Å². The van der Waals surface area contributed by atoms with Crippen molar-refractivity contribution < 1.29 is 14.7 Å². The van der Waals surface area contributed by atoms with E-state index in [9.17, 15) is 4.79 Å². The molecule has 0 amide bonds. The molecule has 0 heterocycles. The maximum atomic E-state index is 10.3. The van der Waals surface area contributed by atoms with Crippen LogP contribution in [-0.4, -0.2) is 17.7 Å². The summed E-state index contributed by atoms with van der Waals surface area (Å²) >= 11 is 2.88. The van der Waals surface area contributed by atoms with Gasteiger partial charge < -0.3 is 5.11 Å². The fraction of sp³-hybridized carbons (Fsp3) is 0.500. The van der Waals surface area contributed by atoms with Crippen molar-refractivity contribution in [1.29, 1.82) is 0 Å². The Morgan fingerprint density at radius 1 is 1.82 bits per heavy atom. The maximum absolute atomic E-state index is 10.3. The van der Waals surface area contributed by atoms with E-state index in [-0.39, 0.29) is 5.70 Å². The van der Waals surface area contributed by atoms with Crippen LogP contribution in [-0.2, 0) is 9.63 Å². The first kappa shape index (κ1) is 10.4. The van der Waals surface area contributed by atoms with Crippen LogP contribution in [0.3, 0.4) is 0 Å². The Kier molecular flexibility index (Phi) is 5.87. The van der Waals surface area contributed by atoms with Gasteiger partial charge in [0.15, 0.2) is 5.70 Å². The summed E-state index contributed by atoms with van der Waals surface area (Å²) in [6, 6.07) is 0. The highest BCUT2D eigenvalue weighted by molar-refractivity contribution is 9.11. The van der Waals surface area contributed by atoms with Gasteiger partial charge in [0.1, 0.15) is 0 Å². The molecule has 0 aliphatic heterocycles. The van der Waals surface area contributed by atoms with E-state index in [1.807, 2.05) is 6.92 Å². The number of carbonyl (C=O) groups is 1. The summed E-state index contributed by atoms with van der Waals surface area (Å²) in [6.45, 7) is 2.41. The molecule has 0 bridgehead atoms. The molecule has 0 aromatic rings. The first-order valence-electron chi connectivity index (χ1n) is 3.13. The predicted molar refractivity (Wildman–Crippen MR) is 44.0 cm³/mol. The summed E-state index contributed by atoms with van der Waals surface area (Å²) < 4.78 is 0. The van der Waals surface area contributed by atoms with E-state index < -0.39 is 5.97 Å². The average molecular weight is 224 g/mol. The van der Waals surface area contributed by atoms with Crippen molar-refractivity contribution in [2.75, 3.05) is 6.61 Å². The van der Waals surface area contributed by atoms with Crippen molar-refractivity contribution in [2.24, 2.45) is 0 Å². The van der Waals surface area contributed by atoms with Crippen LogP contribution >= 0.6 is 15.9 Å². The predicted octanol–water partition coefficient (Wildman–Crippen LogP) is 1.24. The third-order valence-corrected chi connectivity index (χ3v) is 1.29. The van der Waals surface area contributed by atoms with Gasteiger partial charge in [-0.2, -0.15) is 0 Å². The van der Waals surface area contributed by atoms with Crippen LogP contribution in [0.4, 0.5) is 0 Å². The van der Waals surface area contributed by atoms with Crippen molar-refractivity contribution in [3.8, 4) is 0 Å². The molecule has 0 saturated heterocycles. The van der Waals surface area contributed by atoms with Gasteiger partial charge in [0.2, 0.25) is 0 Å². The molecule has 11 heavy (non-hydrogen) atoms. The normalized spacial score (nSPS) is 11.3. The lowest BCUT2D eigenvalue weighted by Crippen LogP contribution is -2.20. The summed E-state index contributed by atoms with van der Waals surface area (Å²) in [5.41, 5.74) is 2.27. The number of halogens is 1. The molecule has 4 nitrogen and oxygen atoms in total. The molecule has 2 N–H and O–H groups in total. The topological polar surface area (TPSA) is 58.6 Å². The molecule has 0 fully saturated rings. The Labute approximate surface area is 73.3 Å². The number of hydrogen-bond donors (Lipinski definition) is 2. The summed E-state index contributed by atoms with van der Waals surface area (Å²) in [6.07, 6.45) is 0.836. The van der Waals surface area contributed by atoms with E-state index in [0.717, 1.165) is 6.42 Å². The lowest BCUT2D eigenvalue weighted by Gasteiger charge is -2.04. The second-order valence-corrected chi connectivity index (χ2v) is 2.24. The molecule has 0 saturated carbocycles. The smallest absolute Gasteiger partial charge is 0.354 e. The van der Waals surface area contributed by atoms with Crippen LogP contribution in [0.15, 0.2) is 10.7 Å². The largest absolute Gasteiger partial charge is 0.477 e. The van der Waals surface area contributed by atoms with Gasteiger partial charge in [0, 0.05) is 4.99 Å². The number of rotatable bonds is 5. The van der Waals surface area contributed by atoms with Crippen molar-refractivity contribution in [3.05, 3.63) is 10.7 Å². The summed E-state index contributed by atoms with van der Waals surface area (Å²) in [7, 11) is 0. The number of carboxylic acids is 1. The lowest BCUT2D eigenvalue weighted by molar-refractivity contribution is -0.134. The highest BCUT2D eigenvalue weighted by atomic mass is 79.9. The monoisotopic (exact) mass is 223 g/mol. The van der Waals surface area contributed by atoms with Gasteiger partial charge in [-0.3, -0.25) is 10.3 Å². The van der Waals surface area contributed by atoms with Gasteiger partial charge in [0.05, 0.1) is 6.61 Å². The standard InChI is InChI=1S/C6H10BrNO3/c1-2-3-11-8-5(4-7)6(9)10/h4,8H,2-3H2,1H3,(H,9,10). The molecule has 64 valence electrons. The lowest BCUT2D eigenvalue weighted by atomic mass is 10.5. The fourth-order valence-electron chi connectivity index (χ4n) is 0.343. The summed E-state index contributed by atoms with van der Waals surface area (Å²) in [5, 5.41) is 8.43.